The zero-order chi connectivity index (χ0) is 31.5. The molecule has 3 aliphatic rings. The first-order chi connectivity index (χ1) is 20.2. The highest BCUT2D eigenvalue weighted by atomic mass is 16.6. The van der Waals surface area contributed by atoms with Crippen molar-refractivity contribution in [1.82, 2.24) is 4.90 Å². The number of non-ortho nitro benzene ring substituents is 1. The first-order valence-corrected chi connectivity index (χ1v) is 13.6. The molecule has 224 valence electrons. The second kappa shape index (κ2) is 10.4. The summed E-state index contributed by atoms with van der Waals surface area (Å²) in [6.07, 6.45) is -0.0547. The van der Waals surface area contributed by atoms with E-state index in [0.29, 0.717) is 16.8 Å². The van der Waals surface area contributed by atoms with Gasteiger partial charge in [-0.05, 0) is 56.6 Å². The smallest absolute Gasteiger partial charge is 0.269 e. The number of hydrogen-bond donors (Lipinski definition) is 5. The number of aliphatic hydroxyl groups is 3. The Kier molecular flexibility index (Phi) is 7.20. The number of ketones is 1. The van der Waals surface area contributed by atoms with Crippen LogP contribution in [0.15, 0.2) is 47.2 Å². The average Bonchev–Trinajstić information content (AvgIpc) is 2.93. The van der Waals surface area contributed by atoms with E-state index in [1.165, 1.54) is 24.3 Å². The molecule has 1 fully saturated rings. The van der Waals surface area contributed by atoms with Crippen LogP contribution in [0.2, 0.25) is 0 Å². The summed E-state index contributed by atoms with van der Waals surface area (Å²) in [5.41, 5.74) is 4.84. The van der Waals surface area contributed by atoms with Crippen molar-refractivity contribution in [2.45, 2.75) is 30.9 Å². The number of Topliss-reactive ketones (excluding diaryl/α,β-unsaturated/α-hetero) is 1. The number of fused-ring (bicyclic) bond motifs is 3. The molecule has 5 rings (SSSR count). The fourth-order valence-corrected chi connectivity index (χ4v) is 6.68. The van der Waals surface area contributed by atoms with Gasteiger partial charge < -0.3 is 31.1 Å². The molecule has 6 N–H and O–H groups in total. The molecular weight excluding hydrogens is 556 g/mol. The minimum atomic E-state index is -2.13. The molecule has 0 saturated heterocycles. The summed E-state index contributed by atoms with van der Waals surface area (Å²) in [7, 11) is 6.91. The van der Waals surface area contributed by atoms with Gasteiger partial charge in [0.2, 0.25) is 5.91 Å². The van der Waals surface area contributed by atoms with Crippen molar-refractivity contribution in [3.8, 4) is 17.6 Å². The highest BCUT2D eigenvalue weighted by Gasteiger charge is 2.60. The summed E-state index contributed by atoms with van der Waals surface area (Å²) in [5.74, 6) is 1.52. The summed E-state index contributed by atoms with van der Waals surface area (Å²) >= 11 is 0. The number of benzene rings is 2. The molecule has 4 unspecified atom stereocenters. The van der Waals surface area contributed by atoms with Crippen LogP contribution in [0.3, 0.4) is 0 Å². The Morgan fingerprint density at radius 1 is 1.12 bits per heavy atom. The van der Waals surface area contributed by atoms with Gasteiger partial charge in [-0.1, -0.05) is 11.8 Å². The highest BCUT2D eigenvalue weighted by Crippen LogP contribution is 2.54. The Bertz CT molecular complexity index is 1700. The van der Waals surface area contributed by atoms with Crippen LogP contribution in [0.4, 0.5) is 11.4 Å². The van der Waals surface area contributed by atoms with E-state index in [9.17, 15) is 40.1 Å². The normalized spacial score (nSPS) is 24.5. The summed E-state index contributed by atoms with van der Waals surface area (Å²) in [6, 6.07) is 6.39. The van der Waals surface area contributed by atoms with Crippen LogP contribution in [-0.4, -0.2) is 81.8 Å². The zero-order valence-corrected chi connectivity index (χ0v) is 24.1. The maximum atomic E-state index is 14.1. The van der Waals surface area contributed by atoms with E-state index in [0.717, 1.165) is 0 Å². The maximum Gasteiger partial charge on any atom is 0.269 e. The van der Waals surface area contributed by atoms with Crippen molar-refractivity contribution in [2.24, 2.45) is 17.6 Å². The molecule has 0 bridgehead atoms. The van der Waals surface area contributed by atoms with Crippen LogP contribution in [0, 0.1) is 33.8 Å². The molecule has 1 saturated carbocycles. The molecular formula is C31H32N4O8. The Labute approximate surface area is 247 Å². The summed E-state index contributed by atoms with van der Waals surface area (Å²) in [4.78, 5) is 40.1. The molecule has 0 aromatic heterocycles. The first kappa shape index (κ1) is 29.6. The van der Waals surface area contributed by atoms with Gasteiger partial charge in [0, 0.05) is 55.4 Å². The van der Waals surface area contributed by atoms with E-state index in [1.54, 1.807) is 44.1 Å². The second-order valence-electron chi connectivity index (χ2n) is 11.7. The number of nitro groups is 1. The lowest BCUT2D eigenvalue weighted by atomic mass is 9.57. The summed E-state index contributed by atoms with van der Waals surface area (Å²) in [6.45, 7) is 0. The fourth-order valence-electron chi connectivity index (χ4n) is 6.68. The van der Waals surface area contributed by atoms with Crippen molar-refractivity contribution in [3.05, 3.63) is 79.6 Å². The lowest BCUT2D eigenvalue weighted by Crippen LogP contribution is -2.62. The van der Waals surface area contributed by atoms with Crippen molar-refractivity contribution in [2.75, 3.05) is 33.1 Å². The number of aliphatic hydroxyl groups excluding tert-OH is 2. The Hall–Kier alpha value is -4.86. The molecule has 1 amide bonds. The number of carbonyl (C=O) groups excluding carboxylic acids is 2. The maximum absolute atomic E-state index is 14.1. The van der Waals surface area contributed by atoms with Crippen LogP contribution in [0.1, 0.15) is 35.1 Å². The number of phenolic OH excluding ortho intramolecular Hbond substituents is 1. The predicted molar refractivity (Wildman–Crippen MR) is 157 cm³/mol. The second-order valence-corrected chi connectivity index (χ2v) is 11.7. The van der Waals surface area contributed by atoms with Gasteiger partial charge in [-0.2, -0.15) is 0 Å². The topological polar surface area (TPSA) is 191 Å². The van der Waals surface area contributed by atoms with E-state index >= 15 is 0 Å². The quantitative estimate of drug-likeness (QED) is 0.201. The minimum absolute atomic E-state index is 0.0225. The van der Waals surface area contributed by atoms with Gasteiger partial charge in [-0.25, -0.2) is 0 Å². The molecule has 43 heavy (non-hydrogen) atoms. The fraction of sp³-hybridized carbons (Fsp3) is 0.355. The standard InChI is InChI=1S/C31H32N4O8/c1-33(2)22-13-16(8-5-15-6-9-18(10-7-15)35(42)43)26(36)24-19(22)11-17-12-21-25(34(3)4)27(37)20(30(32)40)14-31(21,41)29(39)23(17)28(24)38/h6-7,9-10,13,17,21,25,36-38,41H,11-12,14H2,1-4H3,(H2,32,40). The van der Waals surface area contributed by atoms with E-state index in [-0.39, 0.29) is 52.3 Å². The van der Waals surface area contributed by atoms with E-state index < -0.39 is 52.3 Å². The van der Waals surface area contributed by atoms with Crippen LogP contribution < -0.4 is 10.6 Å². The molecule has 12 nitrogen and oxygen atoms in total. The van der Waals surface area contributed by atoms with Gasteiger partial charge in [0.25, 0.3) is 5.69 Å². The van der Waals surface area contributed by atoms with Gasteiger partial charge >= 0.3 is 0 Å². The lowest BCUT2D eigenvalue weighted by molar-refractivity contribution is -0.384. The van der Waals surface area contributed by atoms with E-state index in [2.05, 4.69) is 11.8 Å². The van der Waals surface area contributed by atoms with Crippen LogP contribution >= 0.6 is 0 Å². The molecule has 3 aliphatic carbocycles. The predicted octanol–water partition coefficient (Wildman–Crippen LogP) is 2.16. The average molecular weight is 589 g/mol. The number of phenols is 1. The summed E-state index contributed by atoms with van der Waals surface area (Å²) < 4.78 is 0. The van der Waals surface area contributed by atoms with Crippen molar-refractivity contribution in [1.29, 1.82) is 0 Å². The number of amides is 1. The van der Waals surface area contributed by atoms with Crippen LogP contribution in [0.25, 0.3) is 5.76 Å². The zero-order valence-electron chi connectivity index (χ0n) is 24.1. The number of anilines is 1. The summed E-state index contributed by atoms with van der Waals surface area (Å²) in [5, 5.41) is 56.7. The Morgan fingerprint density at radius 3 is 2.33 bits per heavy atom. The third-order valence-electron chi connectivity index (χ3n) is 8.70. The number of nitro benzene ring substituents is 1. The molecule has 2 aromatic rings. The number of primary amides is 1. The van der Waals surface area contributed by atoms with Gasteiger partial charge in [0.15, 0.2) is 5.78 Å². The molecule has 0 aliphatic heterocycles. The number of aromatic hydroxyl groups is 1. The molecule has 0 spiro atoms. The number of nitrogens with two attached hydrogens (primary N) is 1. The third-order valence-corrected chi connectivity index (χ3v) is 8.70. The van der Waals surface area contributed by atoms with Gasteiger partial charge in [-0.3, -0.25) is 24.6 Å². The molecule has 0 radical (unpaired) electrons. The van der Waals surface area contributed by atoms with Crippen molar-refractivity contribution in [3.63, 3.8) is 0 Å². The van der Waals surface area contributed by atoms with Crippen LogP contribution in [0.5, 0.6) is 5.75 Å². The lowest BCUT2D eigenvalue weighted by Gasteiger charge is -2.51. The van der Waals surface area contributed by atoms with Crippen molar-refractivity contribution >= 4 is 28.8 Å². The number of carbonyl (C=O) groups is 2. The SMILES string of the molecule is CN(C)c1cc(C#Cc2ccc([N+](=O)[O-])cc2)c(O)c2c1CC1CC3C(N(C)C)C(O)=C(C(N)=O)CC3(O)C(=O)C1=C2O. The molecule has 4 atom stereocenters. The Balaban J connectivity index is 1.65. The number of hydrogen-bond acceptors (Lipinski definition) is 10. The monoisotopic (exact) mass is 588 g/mol. The molecule has 0 heterocycles. The van der Waals surface area contributed by atoms with Gasteiger partial charge in [0.1, 0.15) is 22.9 Å². The number of nitrogens with zero attached hydrogens (tertiary/aromatic N) is 3. The van der Waals surface area contributed by atoms with Gasteiger partial charge in [0.05, 0.1) is 27.7 Å². The minimum Gasteiger partial charge on any atom is -0.510 e. The van der Waals surface area contributed by atoms with Crippen molar-refractivity contribution < 1.29 is 34.9 Å². The molecule has 2 aromatic carbocycles. The van der Waals surface area contributed by atoms with E-state index in [4.69, 9.17) is 5.73 Å². The van der Waals surface area contributed by atoms with Crippen LogP contribution in [-0.2, 0) is 16.0 Å². The third kappa shape index (κ3) is 4.67. The number of rotatable bonds is 4. The van der Waals surface area contributed by atoms with Gasteiger partial charge in [-0.15, -0.1) is 0 Å². The number of likely N-dealkylation sites (N-methyl/N-ethyl adjacent to an activating group) is 1. The highest BCUT2D eigenvalue weighted by molar-refractivity contribution is 6.10. The molecule has 12 heteroatoms. The first-order valence-electron chi connectivity index (χ1n) is 13.6. The Morgan fingerprint density at radius 2 is 1.77 bits per heavy atom. The largest absolute Gasteiger partial charge is 0.510 e. The van der Waals surface area contributed by atoms with E-state index in [1.807, 2.05) is 0 Å².